The number of nitrogens with one attached hydrogen (secondary N) is 1. The molecule has 0 aliphatic carbocycles. The molecule has 0 radical (unpaired) electrons. The summed E-state index contributed by atoms with van der Waals surface area (Å²) in [5, 5.41) is 3.86. The van der Waals surface area contributed by atoms with Gasteiger partial charge in [-0.25, -0.2) is 0 Å². The van der Waals surface area contributed by atoms with Gasteiger partial charge in [-0.2, -0.15) is 0 Å². The van der Waals surface area contributed by atoms with Gasteiger partial charge in [-0.15, -0.1) is 0 Å². The van der Waals surface area contributed by atoms with E-state index in [0.29, 0.717) is 27.8 Å². The van der Waals surface area contributed by atoms with Crippen molar-refractivity contribution in [1.82, 2.24) is 10.2 Å². The summed E-state index contributed by atoms with van der Waals surface area (Å²) in [6, 6.07) is 12.1. The zero-order chi connectivity index (χ0) is 24.8. The van der Waals surface area contributed by atoms with Crippen LogP contribution in [0.3, 0.4) is 0 Å². The van der Waals surface area contributed by atoms with Crippen LogP contribution in [-0.4, -0.2) is 35.4 Å². The monoisotopic (exact) mass is 492 g/mol. The fourth-order valence-corrected chi connectivity index (χ4v) is 3.88. The summed E-state index contributed by atoms with van der Waals surface area (Å²) < 4.78 is 5.78. The first kappa shape index (κ1) is 27.0. The first-order chi connectivity index (χ1) is 15.4. The van der Waals surface area contributed by atoms with Crippen LogP contribution in [0.2, 0.25) is 10.0 Å². The second kappa shape index (κ2) is 11.8. The third-order valence-corrected chi connectivity index (χ3v) is 5.84. The molecule has 180 valence electrons. The maximum absolute atomic E-state index is 13.3. The number of benzene rings is 2. The molecule has 2 aromatic rings. The lowest BCUT2D eigenvalue weighted by Crippen LogP contribution is -2.51. The predicted molar refractivity (Wildman–Crippen MR) is 135 cm³/mol. The highest BCUT2D eigenvalue weighted by molar-refractivity contribution is 6.35. The van der Waals surface area contributed by atoms with E-state index < -0.39 is 6.04 Å². The Bertz CT molecular complexity index is 953. The Labute approximate surface area is 207 Å². The second-order valence-corrected chi connectivity index (χ2v) is 10.3. The van der Waals surface area contributed by atoms with Crippen LogP contribution >= 0.6 is 23.2 Å². The summed E-state index contributed by atoms with van der Waals surface area (Å²) in [6.45, 7) is 12.0. The van der Waals surface area contributed by atoms with Crippen molar-refractivity contribution < 1.29 is 14.3 Å². The standard InChI is InChI=1S/C26H34Cl2N2O3/c1-7-23(25(32)29-17(2)3)30(15-18-8-11-20(27)14-22(18)28)24(31)16-33-21-12-9-19(10-13-21)26(4,5)6/h8-14,17,23H,7,15-16H2,1-6H3,(H,29,32)/t23-/m0/s1. The van der Waals surface area contributed by atoms with E-state index in [1.54, 1.807) is 18.2 Å². The molecule has 2 aromatic carbocycles. The maximum Gasteiger partial charge on any atom is 0.261 e. The van der Waals surface area contributed by atoms with Crippen molar-refractivity contribution in [2.45, 2.75) is 72.0 Å². The van der Waals surface area contributed by atoms with Crippen LogP contribution < -0.4 is 10.1 Å². The molecule has 1 atom stereocenters. The molecule has 0 aromatic heterocycles. The minimum Gasteiger partial charge on any atom is -0.484 e. The summed E-state index contributed by atoms with van der Waals surface area (Å²) in [5.74, 6) is 0.0904. The van der Waals surface area contributed by atoms with Gasteiger partial charge in [0.05, 0.1) is 0 Å². The Kier molecular flexibility index (Phi) is 9.62. The highest BCUT2D eigenvalue weighted by Crippen LogP contribution is 2.25. The zero-order valence-electron chi connectivity index (χ0n) is 20.2. The van der Waals surface area contributed by atoms with E-state index in [1.807, 2.05) is 45.0 Å². The van der Waals surface area contributed by atoms with Crippen molar-refractivity contribution in [3.63, 3.8) is 0 Å². The molecular weight excluding hydrogens is 459 g/mol. The molecule has 0 aliphatic rings. The fraction of sp³-hybridized carbons (Fsp3) is 0.462. The molecule has 5 nitrogen and oxygen atoms in total. The van der Waals surface area contributed by atoms with Gasteiger partial charge in [0.25, 0.3) is 5.91 Å². The van der Waals surface area contributed by atoms with Crippen LogP contribution in [0, 0.1) is 0 Å². The van der Waals surface area contributed by atoms with Gasteiger partial charge in [0.2, 0.25) is 5.91 Å². The molecule has 0 unspecified atom stereocenters. The molecule has 0 saturated carbocycles. The average Bonchev–Trinajstić information content (AvgIpc) is 2.72. The number of carbonyl (C=O) groups is 2. The Morgan fingerprint density at radius 3 is 2.21 bits per heavy atom. The molecule has 0 spiro atoms. The molecule has 2 rings (SSSR count). The first-order valence-corrected chi connectivity index (χ1v) is 11.9. The van der Waals surface area contributed by atoms with E-state index >= 15 is 0 Å². The fourth-order valence-electron chi connectivity index (χ4n) is 3.41. The molecule has 0 aliphatic heterocycles. The van der Waals surface area contributed by atoms with Crippen molar-refractivity contribution in [2.75, 3.05) is 6.61 Å². The zero-order valence-corrected chi connectivity index (χ0v) is 21.8. The molecule has 0 saturated heterocycles. The highest BCUT2D eigenvalue weighted by atomic mass is 35.5. The smallest absolute Gasteiger partial charge is 0.261 e. The lowest BCUT2D eigenvalue weighted by Gasteiger charge is -2.31. The molecule has 0 bridgehead atoms. The predicted octanol–water partition coefficient (Wildman–Crippen LogP) is 6.00. The number of ether oxygens (including phenoxy) is 1. The molecule has 0 heterocycles. The Morgan fingerprint density at radius 1 is 1.06 bits per heavy atom. The van der Waals surface area contributed by atoms with Crippen LogP contribution in [0.15, 0.2) is 42.5 Å². The lowest BCUT2D eigenvalue weighted by atomic mass is 9.87. The van der Waals surface area contributed by atoms with Crippen molar-refractivity contribution in [1.29, 1.82) is 0 Å². The van der Waals surface area contributed by atoms with E-state index in [-0.39, 0.29) is 36.4 Å². The second-order valence-electron chi connectivity index (χ2n) is 9.41. The van der Waals surface area contributed by atoms with Crippen molar-refractivity contribution >= 4 is 35.0 Å². The van der Waals surface area contributed by atoms with Crippen LogP contribution in [0.4, 0.5) is 0 Å². The van der Waals surface area contributed by atoms with E-state index in [0.717, 1.165) is 0 Å². The van der Waals surface area contributed by atoms with Gasteiger partial charge < -0.3 is 15.0 Å². The summed E-state index contributed by atoms with van der Waals surface area (Å²) in [5.41, 5.74) is 1.91. The average molecular weight is 493 g/mol. The number of amides is 2. The molecule has 0 fully saturated rings. The molecular formula is C26H34Cl2N2O3. The SMILES string of the molecule is CC[C@@H](C(=O)NC(C)C)N(Cc1ccc(Cl)cc1Cl)C(=O)COc1ccc(C(C)(C)C)cc1. The largest absolute Gasteiger partial charge is 0.484 e. The van der Waals surface area contributed by atoms with Gasteiger partial charge in [-0.05, 0) is 61.1 Å². The first-order valence-electron chi connectivity index (χ1n) is 11.2. The van der Waals surface area contributed by atoms with Crippen molar-refractivity contribution in [2.24, 2.45) is 0 Å². The number of rotatable bonds is 9. The molecule has 1 N–H and O–H groups in total. The molecule has 2 amide bonds. The van der Waals surface area contributed by atoms with Crippen LogP contribution in [-0.2, 0) is 21.5 Å². The minimum atomic E-state index is -0.654. The lowest BCUT2D eigenvalue weighted by molar-refractivity contribution is -0.143. The topological polar surface area (TPSA) is 58.6 Å². The van der Waals surface area contributed by atoms with Gasteiger partial charge in [-0.1, -0.05) is 69.1 Å². The minimum absolute atomic E-state index is 0.0289. The molecule has 7 heteroatoms. The van der Waals surface area contributed by atoms with Crippen LogP contribution in [0.1, 0.15) is 59.1 Å². The van der Waals surface area contributed by atoms with E-state index in [1.165, 1.54) is 10.5 Å². The van der Waals surface area contributed by atoms with E-state index in [4.69, 9.17) is 27.9 Å². The summed E-state index contributed by atoms with van der Waals surface area (Å²) in [4.78, 5) is 27.7. The van der Waals surface area contributed by atoms with Gasteiger partial charge in [0.15, 0.2) is 6.61 Å². The molecule has 33 heavy (non-hydrogen) atoms. The van der Waals surface area contributed by atoms with Gasteiger partial charge in [-0.3, -0.25) is 9.59 Å². The Balaban J connectivity index is 2.23. The van der Waals surface area contributed by atoms with Crippen LogP contribution in [0.5, 0.6) is 5.75 Å². The van der Waals surface area contributed by atoms with Gasteiger partial charge >= 0.3 is 0 Å². The maximum atomic E-state index is 13.3. The third kappa shape index (κ3) is 7.94. The van der Waals surface area contributed by atoms with Crippen molar-refractivity contribution in [3.05, 3.63) is 63.6 Å². The van der Waals surface area contributed by atoms with Gasteiger partial charge in [0.1, 0.15) is 11.8 Å². The number of hydrogen-bond donors (Lipinski definition) is 1. The summed E-state index contributed by atoms with van der Waals surface area (Å²) >= 11 is 12.4. The highest BCUT2D eigenvalue weighted by Gasteiger charge is 2.29. The Hall–Kier alpha value is -2.24. The van der Waals surface area contributed by atoms with Gasteiger partial charge in [0, 0.05) is 22.6 Å². The number of carbonyl (C=O) groups excluding carboxylic acids is 2. The summed E-state index contributed by atoms with van der Waals surface area (Å²) in [7, 11) is 0. The van der Waals surface area contributed by atoms with E-state index in [9.17, 15) is 9.59 Å². The number of halogens is 2. The van der Waals surface area contributed by atoms with Crippen molar-refractivity contribution in [3.8, 4) is 5.75 Å². The Morgan fingerprint density at radius 2 is 1.70 bits per heavy atom. The van der Waals surface area contributed by atoms with E-state index in [2.05, 4.69) is 26.1 Å². The normalized spacial score (nSPS) is 12.4. The quantitative estimate of drug-likeness (QED) is 0.466. The summed E-state index contributed by atoms with van der Waals surface area (Å²) in [6.07, 6.45) is 0.454. The number of nitrogens with zero attached hydrogens (tertiary/aromatic N) is 1. The van der Waals surface area contributed by atoms with Crippen LogP contribution in [0.25, 0.3) is 0 Å². The number of hydrogen-bond acceptors (Lipinski definition) is 3. The third-order valence-electron chi connectivity index (χ3n) is 5.26.